The zero-order valence-electron chi connectivity index (χ0n) is 7.36. The maximum absolute atomic E-state index is 4.35. The van der Waals surface area contributed by atoms with E-state index in [1.807, 2.05) is 24.3 Å². The Bertz CT molecular complexity index is 498. The number of para-hydroxylation sites is 2. The Kier molecular flexibility index (Phi) is 1.41. The molecule has 0 atom stereocenters. The summed E-state index contributed by atoms with van der Waals surface area (Å²) in [5.74, 6) is 0.888. The van der Waals surface area contributed by atoms with Gasteiger partial charge in [0, 0.05) is 6.21 Å². The van der Waals surface area contributed by atoms with E-state index >= 15 is 0 Å². The van der Waals surface area contributed by atoms with Gasteiger partial charge in [0.15, 0.2) is 0 Å². The van der Waals surface area contributed by atoms with Crippen LogP contribution in [0.1, 0.15) is 5.56 Å². The average Bonchev–Trinajstić information content (AvgIpc) is 2.58. The molecule has 0 unspecified atom stereocenters. The smallest absolute Gasteiger partial charge is 0.134 e. The summed E-state index contributed by atoms with van der Waals surface area (Å²) in [6, 6.07) is 7.90. The van der Waals surface area contributed by atoms with Crippen LogP contribution >= 0.6 is 0 Å². The Morgan fingerprint density at radius 1 is 1.14 bits per heavy atom. The van der Waals surface area contributed by atoms with Crippen LogP contribution in [0.3, 0.4) is 0 Å². The molecule has 2 aromatic rings. The standard InChI is InChI=1S/C10H8N4/c1-2-4-9-8(3-1)11-5-7-6-12-14-10(7)13-9/h1-6H,(H2,12,13,14). The minimum Gasteiger partial charge on any atom is -0.338 e. The van der Waals surface area contributed by atoms with E-state index in [1.54, 1.807) is 12.4 Å². The maximum atomic E-state index is 4.35. The number of benzene rings is 1. The van der Waals surface area contributed by atoms with Crippen molar-refractivity contribution in [3.63, 3.8) is 0 Å². The van der Waals surface area contributed by atoms with Crippen LogP contribution in [0.4, 0.5) is 17.2 Å². The van der Waals surface area contributed by atoms with Gasteiger partial charge in [0.2, 0.25) is 0 Å². The van der Waals surface area contributed by atoms with Gasteiger partial charge >= 0.3 is 0 Å². The Balaban J connectivity index is 2.19. The molecular weight excluding hydrogens is 176 g/mol. The van der Waals surface area contributed by atoms with Crippen molar-refractivity contribution < 1.29 is 0 Å². The van der Waals surface area contributed by atoms with E-state index in [1.165, 1.54) is 0 Å². The number of aliphatic imine (C=N–C) groups is 1. The first kappa shape index (κ1) is 7.32. The second kappa shape index (κ2) is 2.70. The fourth-order valence-corrected chi connectivity index (χ4v) is 1.46. The summed E-state index contributed by atoms with van der Waals surface area (Å²) in [7, 11) is 0. The first-order valence-electron chi connectivity index (χ1n) is 4.37. The molecule has 0 radical (unpaired) electrons. The van der Waals surface area contributed by atoms with E-state index in [0.717, 1.165) is 22.8 Å². The highest BCUT2D eigenvalue weighted by Crippen LogP contribution is 2.30. The molecule has 3 rings (SSSR count). The number of H-pyrrole nitrogens is 1. The van der Waals surface area contributed by atoms with Gasteiger partial charge in [-0.25, -0.2) is 0 Å². The van der Waals surface area contributed by atoms with E-state index in [0.29, 0.717) is 0 Å². The molecule has 0 amide bonds. The van der Waals surface area contributed by atoms with Crippen LogP contribution in [0.25, 0.3) is 0 Å². The van der Waals surface area contributed by atoms with Gasteiger partial charge in [-0.3, -0.25) is 10.1 Å². The van der Waals surface area contributed by atoms with Crippen molar-refractivity contribution in [3.05, 3.63) is 36.0 Å². The maximum Gasteiger partial charge on any atom is 0.134 e. The number of aromatic nitrogens is 2. The predicted molar refractivity (Wildman–Crippen MR) is 55.6 cm³/mol. The van der Waals surface area contributed by atoms with Crippen LogP contribution in [-0.4, -0.2) is 16.4 Å². The van der Waals surface area contributed by atoms with Gasteiger partial charge in [-0.15, -0.1) is 0 Å². The molecule has 0 saturated heterocycles. The lowest BCUT2D eigenvalue weighted by atomic mass is 10.3. The normalized spacial score (nSPS) is 12.6. The number of anilines is 2. The SMILES string of the molecule is C1=Nc2ccccc2Nc2[nH]ncc21. The Morgan fingerprint density at radius 3 is 3.07 bits per heavy atom. The van der Waals surface area contributed by atoms with Crippen molar-refractivity contribution in [2.45, 2.75) is 0 Å². The third kappa shape index (κ3) is 1.01. The van der Waals surface area contributed by atoms with Crippen molar-refractivity contribution in [1.29, 1.82) is 0 Å². The van der Waals surface area contributed by atoms with Crippen molar-refractivity contribution in [2.75, 3.05) is 5.32 Å². The number of nitrogens with one attached hydrogen (secondary N) is 2. The molecule has 0 saturated carbocycles. The number of rotatable bonds is 0. The van der Waals surface area contributed by atoms with E-state index in [4.69, 9.17) is 0 Å². The monoisotopic (exact) mass is 184 g/mol. The summed E-state index contributed by atoms with van der Waals surface area (Å²) in [5, 5.41) is 10.1. The molecule has 2 N–H and O–H groups in total. The van der Waals surface area contributed by atoms with Gasteiger partial charge in [0.05, 0.1) is 23.1 Å². The summed E-state index contributed by atoms with van der Waals surface area (Å²) in [6.45, 7) is 0. The molecule has 0 bridgehead atoms. The van der Waals surface area contributed by atoms with Gasteiger partial charge in [0.1, 0.15) is 5.82 Å². The lowest BCUT2D eigenvalue weighted by molar-refractivity contribution is 1.09. The van der Waals surface area contributed by atoms with E-state index in [-0.39, 0.29) is 0 Å². The van der Waals surface area contributed by atoms with Crippen molar-refractivity contribution in [2.24, 2.45) is 4.99 Å². The Labute approximate surface area is 80.7 Å². The molecule has 0 spiro atoms. The third-order valence-electron chi connectivity index (χ3n) is 2.18. The molecule has 68 valence electrons. The quantitative estimate of drug-likeness (QED) is 0.562. The highest BCUT2D eigenvalue weighted by Gasteiger charge is 2.09. The lowest BCUT2D eigenvalue weighted by Gasteiger charge is -2.04. The van der Waals surface area contributed by atoms with Crippen molar-refractivity contribution >= 4 is 23.4 Å². The second-order valence-electron chi connectivity index (χ2n) is 3.10. The number of fused-ring (bicyclic) bond motifs is 2. The molecule has 1 aromatic heterocycles. The number of nitrogens with zero attached hydrogens (tertiary/aromatic N) is 2. The van der Waals surface area contributed by atoms with Crippen LogP contribution < -0.4 is 5.32 Å². The van der Waals surface area contributed by atoms with E-state index in [9.17, 15) is 0 Å². The molecule has 4 nitrogen and oxygen atoms in total. The molecule has 1 aromatic carbocycles. The molecule has 1 aliphatic heterocycles. The summed E-state index contributed by atoms with van der Waals surface area (Å²) >= 11 is 0. The minimum absolute atomic E-state index is 0.888. The van der Waals surface area contributed by atoms with Crippen LogP contribution in [0, 0.1) is 0 Å². The summed E-state index contributed by atoms with van der Waals surface area (Å²) < 4.78 is 0. The highest BCUT2D eigenvalue weighted by molar-refractivity contribution is 5.93. The molecule has 2 heterocycles. The lowest BCUT2D eigenvalue weighted by Crippen LogP contribution is -1.91. The number of aromatic amines is 1. The van der Waals surface area contributed by atoms with Gasteiger partial charge in [-0.1, -0.05) is 12.1 Å². The molecule has 1 aliphatic rings. The van der Waals surface area contributed by atoms with Gasteiger partial charge in [-0.05, 0) is 12.1 Å². The molecule has 0 aliphatic carbocycles. The average molecular weight is 184 g/mol. The molecule has 4 heteroatoms. The fourth-order valence-electron chi connectivity index (χ4n) is 1.46. The molecular formula is C10H8N4. The van der Waals surface area contributed by atoms with Crippen molar-refractivity contribution in [3.8, 4) is 0 Å². The van der Waals surface area contributed by atoms with Gasteiger partial charge < -0.3 is 5.32 Å². The largest absolute Gasteiger partial charge is 0.338 e. The van der Waals surface area contributed by atoms with Crippen LogP contribution in [0.5, 0.6) is 0 Å². The number of hydrogen-bond donors (Lipinski definition) is 2. The fraction of sp³-hybridized carbons (Fsp3) is 0. The second-order valence-corrected chi connectivity index (χ2v) is 3.10. The van der Waals surface area contributed by atoms with E-state index in [2.05, 4.69) is 20.5 Å². The van der Waals surface area contributed by atoms with Gasteiger partial charge in [0.25, 0.3) is 0 Å². The zero-order chi connectivity index (χ0) is 9.38. The zero-order valence-corrected chi connectivity index (χ0v) is 7.36. The highest BCUT2D eigenvalue weighted by atomic mass is 15.2. The van der Waals surface area contributed by atoms with Crippen LogP contribution in [0.2, 0.25) is 0 Å². The first-order chi connectivity index (χ1) is 6.93. The third-order valence-corrected chi connectivity index (χ3v) is 2.18. The topological polar surface area (TPSA) is 53.1 Å². The van der Waals surface area contributed by atoms with Crippen LogP contribution in [-0.2, 0) is 0 Å². The van der Waals surface area contributed by atoms with Crippen molar-refractivity contribution in [1.82, 2.24) is 10.2 Å². The Hall–Kier alpha value is -2.10. The summed E-state index contributed by atoms with van der Waals surface area (Å²) in [4.78, 5) is 4.35. The number of hydrogen-bond acceptors (Lipinski definition) is 3. The molecule has 14 heavy (non-hydrogen) atoms. The Morgan fingerprint density at radius 2 is 2.07 bits per heavy atom. The summed E-state index contributed by atoms with van der Waals surface area (Å²) in [6.07, 6.45) is 3.55. The van der Waals surface area contributed by atoms with Gasteiger partial charge in [-0.2, -0.15) is 5.10 Å². The first-order valence-corrected chi connectivity index (χ1v) is 4.37. The van der Waals surface area contributed by atoms with Crippen LogP contribution in [0.15, 0.2) is 35.5 Å². The minimum atomic E-state index is 0.888. The predicted octanol–water partition coefficient (Wildman–Crippen LogP) is 2.22. The summed E-state index contributed by atoms with van der Waals surface area (Å²) in [5.41, 5.74) is 2.91. The van der Waals surface area contributed by atoms with E-state index < -0.39 is 0 Å². The molecule has 0 fully saturated rings.